The molecule has 1 fully saturated rings. The van der Waals surface area contributed by atoms with Crippen molar-refractivity contribution in [3.63, 3.8) is 0 Å². The van der Waals surface area contributed by atoms with Gasteiger partial charge in [0.2, 0.25) is 0 Å². The smallest absolute Gasteiger partial charge is 0.264 e. The molecule has 4 rings (SSSR count). The number of allylic oxidation sites excluding steroid dienone is 1. The van der Waals surface area contributed by atoms with Gasteiger partial charge in [0, 0.05) is 31.9 Å². The van der Waals surface area contributed by atoms with Crippen LogP contribution < -0.4 is 9.64 Å². The number of nitrogens with zero attached hydrogens (tertiary/aromatic N) is 3. The molecule has 3 aromatic carbocycles. The number of ether oxygens (including phenoxy) is 1. The zero-order valence-corrected chi connectivity index (χ0v) is 22.6. The second-order valence-corrected chi connectivity index (χ2v) is 9.90. The molecule has 37 heavy (non-hydrogen) atoms. The van der Waals surface area contributed by atoms with Gasteiger partial charge in [-0.2, -0.15) is 5.26 Å². The molecule has 0 unspecified atom stereocenters. The number of aryl methyl sites for hydroxylation is 1. The number of halogens is 1. The molecule has 0 saturated carbocycles. The average molecular weight is 557 g/mol. The van der Waals surface area contributed by atoms with Crippen molar-refractivity contribution >= 4 is 33.6 Å². The number of carbonyl (C=O) groups excluding carboxylic acids is 1. The van der Waals surface area contributed by atoms with Crippen molar-refractivity contribution in [3.8, 4) is 11.8 Å². The van der Waals surface area contributed by atoms with E-state index < -0.39 is 0 Å². The molecule has 6 heteroatoms. The Bertz CT molecular complexity index is 1340. The van der Waals surface area contributed by atoms with Crippen molar-refractivity contribution in [1.29, 1.82) is 5.26 Å². The molecule has 1 aliphatic rings. The minimum Gasteiger partial charge on any atom is -0.487 e. The van der Waals surface area contributed by atoms with Crippen LogP contribution in [0.5, 0.6) is 5.75 Å². The van der Waals surface area contributed by atoms with Gasteiger partial charge in [-0.3, -0.25) is 4.79 Å². The number of hydrogen-bond acceptors (Lipinski definition) is 4. The molecule has 1 amide bonds. The summed E-state index contributed by atoms with van der Waals surface area (Å²) in [6.45, 7) is 8.99. The van der Waals surface area contributed by atoms with Crippen molar-refractivity contribution in [2.24, 2.45) is 0 Å². The summed E-state index contributed by atoms with van der Waals surface area (Å²) in [4.78, 5) is 17.2. The maximum Gasteiger partial charge on any atom is 0.264 e. The van der Waals surface area contributed by atoms with Gasteiger partial charge in [-0.25, -0.2) is 0 Å². The van der Waals surface area contributed by atoms with E-state index in [1.165, 1.54) is 5.56 Å². The first kappa shape index (κ1) is 26.2. The molecule has 5 nitrogen and oxygen atoms in total. The molecule has 1 heterocycles. The molecule has 1 saturated heterocycles. The van der Waals surface area contributed by atoms with E-state index >= 15 is 0 Å². The Morgan fingerprint density at radius 1 is 1.08 bits per heavy atom. The van der Waals surface area contributed by atoms with Crippen LogP contribution >= 0.6 is 15.9 Å². The van der Waals surface area contributed by atoms with E-state index in [2.05, 4.69) is 64.7 Å². The Labute approximate surface area is 227 Å². The predicted octanol–water partition coefficient (Wildman–Crippen LogP) is 6.32. The number of amides is 1. The molecule has 0 N–H and O–H groups in total. The quantitative estimate of drug-likeness (QED) is 0.185. The van der Waals surface area contributed by atoms with Crippen LogP contribution in [0.2, 0.25) is 0 Å². The molecular weight excluding hydrogens is 526 g/mol. The third-order valence-corrected chi connectivity index (χ3v) is 6.91. The summed E-state index contributed by atoms with van der Waals surface area (Å²) in [6.07, 6.45) is 4.08. The van der Waals surface area contributed by atoms with Gasteiger partial charge >= 0.3 is 0 Å². The fraction of sp³-hybridized carbons (Fsp3) is 0.226. The van der Waals surface area contributed by atoms with Gasteiger partial charge in [-0.1, -0.05) is 54.1 Å². The van der Waals surface area contributed by atoms with Crippen LogP contribution in [-0.2, 0) is 17.8 Å². The molecule has 0 aliphatic carbocycles. The van der Waals surface area contributed by atoms with Crippen molar-refractivity contribution < 1.29 is 9.53 Å². The molecule has 0 atom stereocenters. The first-order valence-corrected chi connectivity index (χ1v) is 13.1. The number of nitriles is 1. The van der Waals surface area contributed by atoms with Crippen LogP contribution in [0, 0.1) is 18.3 Å². The van der Waals surface area contributed by atoms with E-state index in [4.69, 9.17) is 4.74 Å². The summed E-state index contributed by atoms with van der Waals surface area (Å²) in [5, 5.41) is 9.82. The second kappa shape index (κ2) is 12.4. The lowest BCUT2D eigenvalue weighted by atomic mass is 10.0. The number of rotatable bonds is 8. The minimum atomic E-state index is -0.239. The van der Waals surface area contributed by atoms with Gasteiger partial charge < -0.3 is 14.5 Å². The van der Waals surface area contributed by atoms with Crippen molar-refractivity contribution in [3.05, 3.63) is 112 Å². The van der Waals surface area contributed by atoms with Crippen LogP contribution in [0.1, 0.15) is 22.3 Å². The highest BCUT2D eigenvalue weighted by atomic mass is 79.9. The first-order valence-electron chi connectivity index (χ1n) is 12.3. The topological polar surface area (TPSA) is 56.6 Å². The van der Waals surface area contributed by atoms with Crippen LogP contribution in [0.3, 0.4) is 0 Å². The largest absolute Gasteiger partial charge is 0.487 e. The van der Waals surface area contributed by atoms with E-state index in [-0.39, 0.29) is 11.5 Å². The average Bonchev–Trinajstić information content (AvgIpc) is 2.92. The minimum absolute atomic E-state index is 0.123. The Kier molecular flexibility index (Phi) is 8.81. The van der Waals surface area contributed by atoms with Crippen molar-refractivity contribution in [1.82, 2.24) is 4.90 Å². The Morgan fingerprint density at radius 3 is 2.51 bits per heavy atom. The second-order valence-electron chi connectivity index (χ2n) is 9.05. The summed E-state index contributed by atoms with van der Waals surface area (Å²) in [6, 6.07) is 24.3. The molecule has 0 aromatic heterocycles. The van der Waals surface area contributed by atoms with E-state index in [1.807, 2.05) is 48.5 Å². The number of para-hydroxylation sites is 1. The number of anilines is 1. The first-order chi connectivity index (χ1) is 18.0. The fourth-order valence-corrected chi connectivity index (χ4v) is 5.10. The fourth-order valence-electron chi connectivity index (χ4n) is 4.47. The maximum atomic E-state index is 13.2. The summed E-state index contributed by atoms with van der Waals surface area (Å²) < 4.78 is 6.95. The SMILES string of the molecule is C=CCc1cc(/C=C(/C#N)C(=O)N2CCN(c3ccccc3)CC2)cc(Br)c1OCc1cccc(C)c1. The Morgan fingerprint density at radius 2 is 1.84 bits per heavy atom. The molecule has 3 aromatic rings. The molecule has 188 valence electrons. The number of hydrogen-bond donors (Lipinski definition) is 0. The van der Waals surface area contributed by atoms with Crippen LogP contribution in [0.4, 0.5) is 5.69 Å². The lowest BCUT2D eigenvalue weighted by Gasteiger charge is -2.36. The van der Waals surface area contributed by atoms with Crippen LogP contribution in [-0.4, -0.2) is 37.0 Å². The third-order valence-electron chi connectivity index (χ3n) is 6.32. The summed E-state index contributed by atoms with van der Waals surface area (Å²) in [7, 11) is 0. The van der Waals surface area contributed by atoms with Crippen molar-refractivity contribution in [2.45, 2.75) is 20.0 Å². The zero-order valence-electron chi connectivity index (χ0n) is 21.0. The lowest BCUT2D eigenvalue weighted by Crippen LogP contribution is -2.49. The van der Waals surface area contributed by atoms with Crippen molar-refractivity contribution in [2.75, 3.05) is 31.1 Å². The Balaban J connectivity index is 1.49. The standard InChI is InChI=1S/C31H30BrN3O2/c1-3-8-26-18-25(20-29(32)30(26)37-22-24-10-7-9-23(2)17-24)19-27(21-33)31(36)35-15-13-34(14-16-35)28-11-5-4-6-12-28/h3-7,9-12,17-20H,1,8,13-16,22H2,2H3/b27-19-. The summed E-state index contributed by atoms with van der Waals surface area (Å²) >= 11 is 3.64. The van der Waals surface area contributed by atoms with Gasteiger partial charge in [-0.05, 0) is 76.3 Å². The summed E-state index contributed by atoms with van der Waals surface area (Å²) in [5.41, 5.74) is 5.24. The molecule has 0 spiro atoms. The molecular formula is C31H30BrN3O2. The maximum absolute atomic E-state index is 13.2. The van der Waals surface area contributed by atoms with Gasteiger partial charge in [0.25, 0.3) is 5.91 Å². The van der Waals surface area contributed by atoms with Crippen LogP contribution in [0.25, 0.3) is 6.08 Å². The zero-order chi connectivity index (χ0) is 26.2. The van der Waals surface area contributed by atoms with Gasteiger partial charge in [0.1, 0.15) is 24.0 Å². The number of carbonyl (C=O) groups is 1. The third kappa shape index (κ3) is 6.69. The number of benzene rings is 3. The van der Waals surface area contributed by atoms with Gasteiger partial charge in [0.15, 0.2) is 0 Å². The van der Waals surface area contributed by atoms with Gasteiger partial charge in [-0.15, -0.1) is 6.58 Å². The van der Waals surface area contributed by atoms with E-state index in [0.29, 0.717) is 26.1 Å². The lowest BCUT2D eigenvalue weighted by molar-refractivity contribution is -0.126. The molecule has 0 bridgehead atoms. The highest BCUT2D eigenvalue weighted by molar-refractivity contribution is 9.10. The monoisotopic (exact) mass is 555 g/mol. The van der Waals surface area contributed by atoms with Crippen LogP contribution in [0.15, 0.2) is 89.4 Å². The highest BCUT2D eigenvalue weighted by Crippen LogP contribution is 2.33. The normalized spacial score (nSPS) is 13.7. The highest BCUT2D eigenvalue weighted by Gasteiger charge is 2.24. The Hall–Kier alpha value is -3.82. The predicted molar refractivity (Wildman–Crippen MR) is 152 cm³/mol. The van der Waals surface area contributed by atoms with Gasteiger partial charge in [0.05, 0.1) is 4.47 Å². The number of piperazine rings is 1. The van der Waals surface area contributed by atoms with E-state index in [1.54, 1.807) is 11.0 Å². The van der Waals surface area contributed by atoms with E-state index in [9.17, 15) is 10.1 Å². The van der Waals surface area contributed by atoms with E-state index in [0.717, 1.165) is 45.7 Å². The summed E-state index contributed by atoms with van der Waals surface area (Å²) in [5.74, 6) is 0.497. The molecule has 0 radical (unpaired) electrons. The molecule has 1 aliphatic heterocycles.